The normalized spacial score (nSPS) is 16.1. The summed E-state index contributed by atoms with van der Waals surface area (Å²) in [6.45, 7) is 9.59. The van der Waals surface area contributed by atoms with Crippen LogP contribution in [0.1, 0.15) is 33.0 Å². The van der Waals surface area contributed by atoms with E-state index in [0.29, 0.717) is 42.5 Å². The minimum Gasteiger partial charge on any atom is -0.471 e. The number of carbonyl (C=O) groups excluding carboxylic acids is 1. The molecule has 0 radical (unpaired) electrons. The molecule has 156 valence electrons. The van der Waals surface area contributed by atoms with Gasteiger partial charge in [0.05, 0.1) is 12.1 Å². The van der Waals surface area contributed by atoms with Crippen LogP contribution >= 0.6 is 0 Å². The first kappa shape index (κ1) is 19.9. The van der Waals surface area contributed by atoms with Crippen molar-refractivity contribution in [2.24, 2.45) is 0 Å². The van der Waals surface area contributed by atoms with Crippen LogP contribution < -0.4 is 4.74 Å². The fourth-order valence-corrected chi connectivity index (χ4v) is 3.55. The minimum atomic E-state index is -0.129. The van der Waals surface area contributed by atoms with Crippen LogP contribution in [-0.2, 0) is 11.3 Å². The average molecular weight is 407 g/mol. The molecule has 0 aromatic carbocycles. The van der Waals surface area contributed by atoms with Crippen molar-refractivity contribution < 1.29 is 9.53 Å². The number of aryl methyl sites for hydroxylation is 2. The maximum absolute atomic E-state index is 12.3. The minimum absolute atomic E-state index is 0.0193. The number of allylic oxidation sites excluding steroid dienone is 1. The topological polar surface area (TPSA) is 98.9 Å². The van der Waals surface area contributed by atoms with Crippen LogP contribution in [0.2, 0.25) is 0 Å². The van der Waals surface area contributed by atoms with Crippen LogP contribution in [-0.4, -0.2) is 59.5 Å². The summed E-state index contributed by atoms with van der Waals surface area (Å²) in [5.74, 6) is 1.88. The summed E-state index contributed by atoms with van der Waals surface area (Å²) in [4.78, 5) is 36.1. The van der Waals surface area contributed by atoms with Gasteiger partial charge in [0.15, 0.2) is 11.2 Å². The van der Waals surface area contributed by atoms with E-state index in [1.807, 2.05) is 32.3 Å². The third-order valence-corrected chi connectivity index (χ3v) is 5.00. The number of amides is 1. The molecule has 0 spiro atoms. The summed E-state index contributed by atoms with van der Waals surface area (Å²) in [6, 6.07) is 0. The first-order valence-corrected chi connectivity index (χ1v) is 10.1. The summed E-state index contributed by atoms with van der Waals surface area (Å²) in [5.41, 5.74) is 3.10. The Morgan fingerprint density at radius 3 is 2.70 bits per heavy atom. The predicted octanol–water partition coefficient (Wildman–Crippen LogP) is 2.56. The molecule has 1 aliphatic rings. The monoisotopic (exact) mass is 407 g/mol. The fourth-order valence-electron chi connectivity index (χ4n) is 3.55. The molecule has 9 heteroatoms. The quantitative estimate of drug-likeness (QED) is 0.599. The first-order chi connectivity index (χ1) is 14.5. The number of likely N-dealkylation sites (tertiary alicyclic amines) is 1. The van der Waals surface area contributed by atoms with Crippen molar-refractivity contribution >= 4 is 17.1 Å². The van der Waals surface area contributed by atoms with Gasteiger partial charge in [-0.05, 0) is 27.7 Å². The van der Waals surface area contributed by atoms with Gasteiger partial charge >= 0.3 is 0 Å². The number of rotatable bonds is 5. The van der Waals surface area contributed by atoms with Gasteiger partial charge in [-0.25, -0.2) is 19.9 Å². The van der Waals surface area contributed by atoms with Crippen molar-refractivity contribution in [1.29, 1.82) is 0 Å². The van der Waals surface area contributed by atoms with E-state index < -0.39 is 0 Å². The Morgan fingerprint density at radius 1 is 1.23 bits per heavy atom. The smallest absolute Gasteiger partial charge is 0.246 e. The number of imidazole rings is 1. The van der Waals surface area contributed by atoms with Gasteiger partial charge < -0.3 is 14.2 Å². The maximum Gasteiger partial charge on any atom is 0.246 e. The third kappa shape index (κ3) is 3.87. The van der Waals surface area contributed by atoms with Gasteiger partial charge in [-0.15, -0.1) is 0 Å². The number of ether oxygens (including phenoxy) is 1. The van der Waals surface area contributed by atoms with Crippen LogP contribution in [0.5, 0.6) is 5.88 Å². The molecule has 4 heterocycles. The van der Waals surface area contributed by atoms with Gasteiger partial charge in [0.2, 0.25) is 11.8 Å². The summed E-state index contributed by atoms with van der Waals surface area (Å²) >= 11 is 0. The van der Waals surface area contributed by atoms with Crippen molar-refractivity contribution in [3.8, 4) is 17.3 Å². The molecule has 0 aliphatic carbocycles. The van der Waals surface area contributed by atoms with Crippen molar-refractivity contribution in [2.45, 2.75) is 46.8 Å². The Hall–Kier alpha value is -3.36. The second-order valence-electron chi connectivity index (χ2n) is 7.58. The molecule has 0 bridgehead atoms. The summed E-state index contributed by atoms with van der Waals surface area (Å²) in [6.07, 6.45) is 7.28. The van der Waals surface area contributed by atoms with Crippen molar-refractivity contribution in [2.75, 3.05) is 13.1 Å². The molecular formula is C21H25N7O2. The van der Waals surface area contributed by atoms with E-state index >= 15 is 0 Å². The van der Waals surface area contributed by atoms with Crippen molar-refractivity contribution in [3.05, 3.63) is 36.2 Å². The Labute approximate surface area is 174 Å². The molecule has 30 heavy (non-hydrogen) atoms. The zero-order valence-electron chi connectivity index (χ0n) is 17.7. The largest absolute Gasteiger partial charge is 0.471 e. The SMILES string of the molecule is CCn1c(-c2cnc(C)nc2)nc2c(OC3CCN(C(=O)C=C(C)C)C3)ncnc21. The van der Waals surface area contributed by atoms with Gasteiger partial charge in [0, 0.05) is 38.0 Å². The number of hydrogen-bond acceptors (Lipinski definition) is 7. The van der Waals surface area contributed by atoms with Crippen molar-refractivity contribution in [3.63, 3.8) is 0 Å². The average Bonchev–Trinajstić information content (AvgIpc) is 3.33. The van der Waals surface area contributed by atoms with E-state index in [1.165, 1.54) is 6.33 Å². The molecular weight excluding hydrogens is 382 g/mol. The van der Waals surface area contributed by atoms with E-state index in [4.69, 9.17) is 9.72 Å². The number of carbonyl (C=O) groups is 1. The van der Waals surface area contributed by atoms with E-state index in [1.54, 1.807) is 23.4 Å². The van der Waals surface area contributed by atoms with Gasteiger partial charge in [-0.1, -0.05) is 5.57 Å². The summed E-state index contributed by atoms with van der Waals surface area (Å²) in [5, 5.41) is 0. The lowest BCUT2D eigenvalue weighted by Gasteiger charge is -2.15. The van der Waals surface area contributed by atoms with Crippen LogP contribution in [0.3, 0.4) is 0 Å². The lowest BCUT2D eigenvalue weighted by atomic mass is 10.3. The standard InChI is InChI=1S/C21H25N7O2/c1-5-28-19(15-9-22-14(4)23-10-15)26-18-20(28)24-12-25-21(18)30-16-6-7-27(11-16)17(29)8-13(2)3/h8-10,12,16H,5-7,11H2,1-4H3. The van der Waals surface area contributed by atoms with E-state index in [0.717, 1.165) is 23.4 Å². The molecule has 0 saturated carbocycles. The Morgan fingerprint density at radius 2 is 2.00 bits per heavy atom. The van der Waals surface area contributed by atoms with Gasteiger partial charge in [0.1, 0.15) is 24.1 Å². The van der Waals surface area contributed by atoms with E-state index in [9.17, 15) is 4.79 Å². The molecule has 1 saturated heterocycles. The van der Waals surface area contributed by atoms with E-state index in [2.05, 4.69) is 19.9 Å². The summed E-state index contributed by atoms with van der Waals surface area (Å²) in [7, 11) is 0. The predicted molar refractivity (Wildman–Crippen MR) is 112 cm³/mol. The number of nitrogens with zero attached hydrogens (tertiary/aromatic N) is 7. The van der Waals surface area contributed by atoms with Gasteiger partial charge in [-0.3, -0.25) is 4.79 Å². The number of hydrogen-bond donors (Lipinski definition) is 0. The second-order valence-corrected chi connectivity index (χ2v) is 7.58. The fraction of sp³-hybridized carbons (Fsp3) is 0.429. The lowest BCUT2D eigenvalue weighted by Crippen LogP contribution is -2.29. The number of aromatic nitrogens is 6. The molecule has 1 unspecified atom stereocenters. The molecule has 1 fully saturated rings. The highest BCUT2D eigenvalue weighted by Crippen LogP contribution is 2.29. The Kier molecular flexibility index (Phi) is 5.43. The Balaban J connectivity index is 1.62. The molecule has 3 aromatic heterocycles. The molecule has 9 nitrogen and oxygen atoms in total. The van der Waals surface area contributed by atoms with Crippen LogP contribution in [0.4, 0.5) is 0 Å². The molecule has 0 N–H and O–H groups in total. The first-order valence-electron chi connectivity index (χ1n) is 10.1. The van der Waals surface area contributed by atoms with Gasteiger partial charge in [0.25, 0.3) is 0 Å². The zero-order valence-corrected chi connectivity index (χ0v) is 17.7. The number of fused-ring (bicyclic) bond motifs is 1. The molecule has 1 amide bonds. The third-order valence-electron chi connectivity index (χ3n) is 5.00. The van der Waals surface area contributed by atoms with Crippen LogP contribution in [0.15, 0.2) is 30.4 Å². The molecule has 1 atom stereocenters. The molecule has 1 aliphatic heterocycles. The van der Waals surface area contributed by atoms with E-state index in [-0.39, 0.29) is 12.0 Å². The Bertz CT molecular complexity index is 1100. The molecule has 3 aromatic rings. The highest BCUT2D eigenvalue weighted by Gasteiger charge is 2.28. The molecule has 4 rings (SSSR count). The highest BCUT2D eigenvalue weighted by atomic mass is 16.5. The van der Waals surface area contributed by atoms with Gasteiger partial charge in [-0.2, -0.15) is 4.98 Å². The second kappa shape index (κ2) is 8.17. The van der Waals surface area contributed by atoms with Crippen LogP contribution in [0.25, 0.3) is 22.6 Å². The maximum atomic E-state index is 12.3. The summed E-state index contributed by atoms with van der Waals surface area (Å²) < 4.78 is 8.17. The van der Waals surface area contributed by atoms with Crippen molar-refractivity contribution in [1.82, 2.24) is 34.4 Å². The highest BCUT2D eigenvalue weighted by molar-refractivity contribution is 5.88. The lowest BCUT2D eigenvalue weighted by molar-refractivity contribution is -0.125. The van der Waals surface area contributed by atoms with Crippen LogP contribution in [0, 0.1) is 6.92 Å². The zero-order chi connectivity index (χ0) is 21.3.